The molecule has 21 heavy (non-hydrogen) atoms. The summed E-state index contributed by atoms with van der Waals surface area (Å²) in [5, 5.41) is 19.9. The van der Waals surface area contributed by atoms with Crippen molar-refractivity contribution >= 4 is 12.1 Å². The summed E-state index contributed by atoms with van der Waals surface area (Å²) in [7, 11) is 0. The SMILES string of the molecule is CCOC(=O)c1cn(CC[C@@H]2CN(C(=O)O)CCN2)nn1. The van der Waals surface area contributed by atoms with E-state index in [1.807, 2.05) is 0 Å². The minimum Gasteiger partial charge on any atom is -0.465 e. The maximum atomic E-state index is 11.5. The van der Waals surface area contributed by atoms with E-state index in [1.165, 1.54) is 11.1 Å². The van der Waals surface area contributed by atoms with Crippen LogP contribution in [-0.2, 0) is 11.3 Å². The van der Waals surface area contributed by atoms with E-state index >= 15 is 0 Å². The molecular formula is C12H19N5O4. The van der Waals surface area contributed by atoms with Crippen molar-refractivity contribution in [2.24, 2.45) is 0 Å². The van der Waals surface area contributed by atoms with Crippen molar-refractivity contribution in [3.8, 4) is 0 Å². The maximum Gasteiger partial charge on any atom is 0.407 e. The fourth-order valence-corrected chi connectivity index (χ4v) is 2.19. The van der Waals surface area contributed by atoms with Crippen LogP contribution in [0, 0.1) is 0 Å². The van der Waals surface area contributed by atoms with Crippen molar-refractivity contribution in [1.29, 1.82) is 0 Å². The number of carbonyl (C=O) groups is 2. The van der Waals surface area contributed by atoms with Crippen molar-refractivity contribution in [3.63, 3.8) is 0 Å². The summed E-state index contributed by atoms with van der Waals surface area (Å²) in [5.41, 5.74) is 0.181. The molecule has 9 nitrogen and oxygen atoms in total. The quantitative estimate of drug-likeness (QED) is 0.724. The van der Waals surface area contributed by atoms with E-state index in [0.29, 0.717) is 39.2 Å². The Bertz CT molecular complexity index is 504. The lowest BCUT2D eigenvalue weighted by Crippen LogP contribution is -2.52. The largest absolute Gasteiger partial charge is 0.465 e. The van der Waals surface area contributed by atoms with Crippen LogP contribution in [0.4, 0.5) is 4.79 Å². The van der Waals surface area contributed by atoms with E-state index < -0.39 is 12.1 Å². The molecule has 116 valence electrons. The molecule has 1 aromatic heterocycles. The average molecular weight is 297 g/mol. The number of carboxylic acid groups (broad SMARTS) is 1. The molecule has 1 aromatic rings. The van der Waals surface area contributed by atoms with E-state index in [1.54, 1.807) is 11.6 Å². The molecule has 0 bridgehead atoms. The third-order valence-electron chi connectivity index (χ3n) is 3.26. The van der Waals surface area contributed by atoms with Gasteiger partial charge in [0.05, 0.1) is 12.8 Å². The minimum absolute atomic E-state index is 0.0742. The summed E-state index contributed by atoms with van der Waals surface area (Å²) in [6.45, 7) is 4.17. The number of ether oxygens (including phenoxy) is 1. The van der Waals surface area contributed by atoms with Crippen LogP contribution in [0.1, 0.15) is 23.8 Å². The van der Waals surface area contributed by atoms with Gasteiger partial charge in [-0.15, -0.1) is 5.10 Å². The van der Waals surface area contributed by atoms with Gasteiger partial charge in [0.15, 0.2) is 5.69 Å². The average Bonchev–Trinajstić information content (AvgIpc) is 2.95. The van der Waals surface area contributed by atoms with Crippen LogP contribution in [0.15, 0.2) is 6.20 Å². The molecule has 1 aliphatic heterocycles. The molecule has 1 saturated heterocycles. The number of amides is 1. The van der Waals surface area contributed by atoms with Crippen LogP contribution in [0.25, 0.3) is 0 Å². The first-order valence-electron chi connectivity index (χ1n) is 6.88. The lowest BCUT2D eigenvalue weighted by Gasteiger charge is -2.31. The number of hydrogen-bond acceptors (Lipinski definition) is 6. The molecule has 0 saturated carbocycles. The summed E-state index contributed by atoms with van der Waals surface area (Å²) in [4.78, 5) is 23.8. The van der Waals surface area contributed by atoms with Crippen LogP contribution < -0.4 is 5.32 Å². The van der Waals surface area contributed by atoms with Gasteiger partial charge >= 0.3 is 12.1 Å². The summed E-state index contributed by atoms with van der Waals surface area (Å²) in [6.07, 6.45) is 1.34. The van der Waals surface area contributed by atoms with Gasteiger partial charge in [-0.2, -0.15) is 0 Å². The van der Waals surface area contributed by atoms with E-state index in [4.69, 9.17) is 9.84 Å². The Labute approximate surface area is 121 Å². The lowest BCUT2D eigenvalue weighted by molar-refractivity contribution is 0.0519. The highest BCUT2D eigenvalue weighted by atomic mass is 16.5. The van der Waals surface area contributed by atoms with E-state index in [-0.39, 0.29) is 11.7 Å². The zero-order valence-corrected chi connectivity index (χ0v) is 11.9. The van der Waals surface area contributed by atoms with Crippen molar-refractivity contribution in [2.75, 3.05) is 26.2 Å². The van der Waals surface area contributed by atoms with Crippen molar-refractivity contribution in [1.82, 2.24) is 25.2 Å². The van der Waals surface area contributed by atoms with Crippen LogP contribution in [0.3, 0.4) is 0 Å². The molecule has 0 radical (unpaired) electrons. The lowest BCUT2D eigenvalue weighted by atomic mass is 10.1. The van der Waals surface area contributed by atoms with Gasteiger partial charge in [0.25, 0.3) is 0 Å². The Morgan fingerprint density at radius 2 is 2.38 bits per heavy atom. The number of rotatable bonds is 5. The predicted octanol–water partition coefficient (Wildman–Crippen LogP) is -0.203. The Morgan fingerprint density at radius 1 is 1.57 bits per heavy atom. The zero-order valence-electron chi connectivity index (χ0n) is 11.9. The Balaban J connectivity index is 1.83. The van der Waals surface area contributed by atoms with Gasteiger partial charge in [-0.3, -0.25) is 4.68 Å². The van der Waals surface area contributed by atoms with Gasteiger partial charge in [-0.25, -0.2) is 9.59 Å². The van der Waals surface area contributed by atoms with Gasteiger partial charge in [-0.1, -0.05) is 5.21 Å². The van der Waals surface area contributed by atoms with Crippen molar-refractivity contribution in [2.45, 2.75) is 25.9 Å². The summed E-state index contributed by atoms with van der Waals surface area (Å²) in [6, 6.07) is 0.0742. The molecule has 0 spiro atoms. The first kappa shape index (κ1) is 15.2. The van der Waals surface area contributed by atoms with Crippen molar-refractivity contribution < 1.29 is 19.4 Å². The fraction of sp³-hybridized carbons (Fsp3) is 0.667. The summed E-state index contributed by atoms with van der Waals surface area (Å²) < 4.78 is 6.40. The third-order valence-corrected chi connectivity index (χ3v) is 3.26. The standard InChI is InChI=1S/C12H19N5O4/c1-2-21-11(18)10-8-17(15-14-10)5-3-9-7-16(12(19)20)6-4-13-9/h8-9,13H,2-7H2,1H3,(H,19,20)/t9-/m1/s1. The smallest absolute Gasteiger partial charge is 0.407 e. The molecule has 0 aromatic carbocycles. The van der Waals surface area contributed by atoms with Crippen LogP contribution in [0.5, 0.6) is 0 Å². The predicted molar refractivity (Wildman–Crippen MR) is 72.0 cm³/mol. The third kappa shape index (κ3) is 4.15. The zero-order chi connectivity index (χ0) is 15.2. The molecular weight excluding hydrogens is 278 g/mol. The second-order valence-corrected chi connectivity index (χ2v) is 4.76. The highest BCUT2D eigenvalue weighted by molar-refractivity contribution is 5.86. The van der Waals surface area contributed by atoms with Gasteiger partial charge in [-0.05, 0) is 13.3 Å². The molecule has 1 fully saturated rings. The number of aryl methyl sites for hydroxylation is 1. The molecule has 1 amide bonds. The highest BCUT2D eigenvalue weighted by Gasteiger charge is 2.22. The Kier molecular flexibility index (Phi) is 5.09. The van der Waals surface area contributed by atoms with Crippen LogP contribution in [-0.4, -0.2) is 69.3 Å². The van der Waals surface area contributed by atoms with Crippen LogP contribution >= 0.6 is 0 Å². The van der Waals surface area contributed by atoms with E-state index in [9.17, 15) is 9.59 Å². The number of hydrogen-bond donors (Lipinski definition) is 2. The maximum absolute atomic E-state index is 11.5. The molecule has 9 heteroatoms. The summed E-state index contributed by atoms with van der Waals surface area (Å²) in [5.74, 6) is -0.489. The molecule has 2 N–H and O–H groups in total. The number of aromatic nitrogens is 3. The van der Waals surface area contributed by atoms with Gasteiger partial charge < -0.3 is 20.1 Å². The van der Waals surface area contributed by atoms with Gasteiger partial charge in [0.2, 0.25) is 0 Å². The van der Waals surface area contributed by atoms with Crippen molar-refractivity contribution in [3.05, 3.63) is 11.9 Å². The number of carbonyl (C=O) groups excluding carboxylic acids is 1. The second-order valence-electron chi connectivity index (χ2n) is 4.76. The highest BCUT2D eigenvalue weighted by Crippen LogP contribution is 2.05. The molecule has 1 atom stereocenters. The number of piperazine rings is 1. The van der Waals surface area contributed by atoms with E-state index in [0.717, 1.165) is 0 Å². The monoisotopic (exact) mass is 297 g/mol. The summed E-state index contributed by atoms with van der Waals surface area (Å²) >= 11 is 0. The second kappa shape index (κ2) is 7.02. The van der Waals surface area contributed by atoms with Crippen LogP contribution in [0.2, 0.25) is 0 Å². The molecule has 2 heterocycles. The fourth-order valence-electron chi connectivity index (χ4n) is 2.19. The first-order valence-corrected chi connectivity index (χ1v) is 6.88. The number of nitrogens with zero attached hydrogens (tertiary/aromatic N) is 4. The number of nitrogens with one attached hydrogen (secondary N) is 1. The Hall–Kier alpha value is -2.16. The van der Waals surface area contributed by atoms with Gasteiger partial charge in [0, 0.05) is 32.2 Å². The minimum atomic E-state index is -0.896. The molecule has 0 aliphatic carbocycles. The van der Waals surface area contributed by atoms with Gasteiger partial charge in [0.1, 0.15) is 0 Å². The number of esters is 1. The molecule has 1 aliphatic rings. The molecule has 2 rings (SSSR count). The normalized spacial score (nSPS) is 18.5. The Morgan fingerprint density at radius 3 is 3.10 bits per heavy atom. The molecule has 0 unspecified atom stereocenters. The topological polar surface area (TPSA) is 110 Å². The first-order chi connectivity index (χ1) is 10.1. The van der Waals surface area contributed by atoms with E-state index in [2.05, 4.69) is 15.6 Å².